The lowest BCUT2D eigenvalue weighted by atomic mass is 10.2. The summed E-state index contributed by atoms with van der Waals surface area (Å²) in [6.07, 6.45) is -0.478. The zero-order chi connectivity index (χ0) is 21.6. The van der Waals surface area contributed by atoms with Crippen molar-refractivity contribution >= 4 is 23.4 Å². The van der Waals surface area contributed by atoms with E-state index in [0.717, 1.165) is 11.8 Å². The highest BCUT2D eigenvalue weighted by Crippen LogP contribution is 2.36. The van der Waals surface area contributed by atoms with Crippen LogP contribution in [0.1, 0.15) is 18.4 Å². The van der Waals surface area contributed by atoms with Gasteiger partial charge in [-0.05, 0) is 24.3 Å². The van der Waals surface area contributed by atoms with Gasteiger partial charge in [0.1, 0.15) is 12.4 Å². The SMILES string of the molecule is N#CCCN(C(=O)CSc1nnc(C2COc3ccccc3O2)o1)c1ccccc1F. The van der Waals surface area contributed by atoms with Crippen LogP contribution in [0.15, 0.2) is 58.2 Å². The normalized spacial score (nSPS) is 14.6. The van der Waals surface area contributed by atoms with E-state index in [1.807, 2.05) is 18.2 Å². The minimum atomic E-state index is -0.557. The van der Waals surface area contributed by atoms with Gasteiger partial charge >= 0.3 is 0 Å². The van der Waals surface area contributed by atoms with E-state index in [2.05, 4.69) is 10.2 Å². The predicted octanol–water partition coefficient (Wildman–Crippen LogP) is 3.76. The largest absolute Gasteiger partial charge is 0.485 e. The number of amides is 1. The number of nitriles is 1. The van der Waals surface area contributed by atoms with Gasteiger partial charge in [-0.15, -0.1) is 10.2 Å². The van der Waals surface area contributed by atoms with Crippen LogP contribution >= 0.6 is 11.8 Å². The summed E-state index contributed by atoms with van der Waals surface area (Å²) in [6.45, 7) is 0.302. The van der Waals surface area contributed by atoms with Crippen molar-refractivity contribution in [2.75, 3.05) is 23.8 Å². The van der Waals surface area contributed by atoms with Crippen LogP contribution in [-0.4, -0.2) is 35.0 Å². The second-order valence-corrected chi connectivity index (χ2v) is 7.39. The maximum absolute atomic E-state index is 14.2. The number of rotatable bonds is 7. The van der Waals surface area contributed by atoms with Gasteiger partial charge in [0.2, 0.25) is 12.0 Å². The molecule has 4 rings (SSSR count). The molecule has 10 heteroatoms. The molecule has 1 aliphatic heterocycles. The number of hydrogen-bond acceptors (Lipinski definition) is 8. The van der Waals surface area contributed by atoms with E-state index < -0.39 is 11.9 Å². The van der Waals surface area contributed by atoms with Crippen molar-refractivity contribution in [2.24, 2.45) is 0 Å². The van der Waals surface area contributed by atoms with E-state index in [1.54, 1.807) is 18.2 Å². The third-order valence-electron chi connectivity index (χ3n) is 4.42. The van der Waals surface area contributed by atoms with Crippen molar-refractivity contribution in [3.63, 3.8) is 0 Å². The van der Waals surface area contributed by atoms with E-state index in [0.29, 0.717) is 11.5 Å². The van der Waals surface area contributed by atoms with Crippen LogP contribution < -0.4 is 14.4 Å². The third kappa shape index (κ3) is 4.78. The average molecular weight is 440 g/mol. The molecule has 1 unspecified atom stereocenters. The molecule has 1 aromatic heterocycles. The molecular weight excluding hydrogens is 423 g/mol. The molecule has 0 saturated carbocycles. The summed E-state index contributed by atoms with van der Waals surface area (Å²) in [5.41, 5.74) is 0.126. The van der Waals surface area contributed by atoms with Gasteiger partial charge < -0.3 is 18.8 Å². The number of nitrogens with zero attached hydrogens (tertiary/aromatic N) is 4. The maximum Gasteiger partial charge on any atom is 0.277 e. The molecule has 0 aliphatic carbocycles. The number of carbonyl (C=O) groups excluding carboxylic acids is 1. The molecule has 158 valence electrons. The first-order chi connectivity index (χ1) is 15.2. The number of anilines is 1. The quantitative estimate of drug-likeness (QED) is 0.512. The summed E-state index contributed by atoms with van der Waals surface area (Å²) in [5.74, 6) is 0.486. The fourth-order valence-electron chi connectivity index (χ4n) is 2.96. The standard InChI is InChI=1S/C21H17FN4O4S/c22-14-6-1-2-7-15(14)26(11-5-10-23)19(27)13-31-21-25-24-20(30-21)18-12-28-16-8-3-4-9-17(16)29-18/h1-4,6-9,18H,5,11-13H2. The summed E-state index contributed by atoms with van der Waals surface area (Å²) >= 11 is 1.03. The molecule has 8 nitrogen and oxygen atoms in total. The Morgan fingerprint density at radius 1 is 1.19 bits per heavy atom. The molecule has 1 amide bonds. The second kappa shape index (κ2) is 9.49. The van der Waals surface area contributed by atoms with Gasteiger partial charge in [0.15, 0.2) is 11.5 Å². The summed E-state index contributed by atoms with van der Waals surface area (Å²) < 4.78 is 31.2. The Labute approximate surface area is 181 Å². The third-order valence-corrected chi connectivity index (χ3v) is 5.22. The number of halogens is 1. The van der Waals surface area contributed by atoms with Gasteiger partial charge in [-0.3, -0.25) is 4.79 Å². The van der Waals surface area contributed by atoms with E-state index >= 15 is 0 Å². The molecule has 1 atom stereocenters. The maximum atomic E-state index is 14.2. The molecule has 0 bridgehead atoms. The Hall–Kier alpha value is -3.58. The van der Waals surface area contributed by atoms with Gasteiger partial charge in [0.25, 0.3) is 11.1 Å². The lowest BCUT2D eigenvalue weighted by molar-refractivity contribution is -0.116. The van der Waals surface area contributed by atoms with Crippen LogP contribution in [0.5, 0.6) is 11.5 Å². The number of benzene rings is 2. The van der Waals surface area contributed by atoms with Crippen LogP contribution in [-0.2, 0) is 4.79 Å². The molecular formula is C21H17FN4O4S. The molecule has 1 aliphatic rings. The summed E-state index contributed by atoms with van der Waals surface area (Å²) in [7, 11) is 0. The van der Waals surface area contributed by atoms with E-state index in [4.69, 9.17) is 19.2 Å². The Morgan fingerprint density at radius 2 is 1.97 bits per heavy atom. The number of thioether (sulfide) groups is 1. The summed E-state index contributed by atoms with van der Waals surface area (Å²) in [5, 5.41) is 17.0. The van der Waals surface area contributed by atoms with Crippen molar-refractivity contribution in [1.29, 1.82) is 5.26 Å². The monoisotopic (exact) mass is 440 g/mol. The van der Waals surface area contributed by atoms with E-state index in [-0.39, 0.29) is 48.0 Å². The number of carbonyl (C=O) groups is 1. The van der Waals surface area contributed by atoms with Crippen LogP contribution in [0.3, 0.4) is 0 Å². The van der Waals surface area contributed by atoms with Crippen molar-refractivity contribution in [3.05, 3.63) is 60.2 Å². The van der Waals surface area contributed by atoms with Crippen molar-refractivity contribution < 1.29 is 23.1 Å². The number of fused-ring (bicyclic) bond motifs is 1. The molecule has 2 aromatic carbocycles. The highest BCUT2D eigenvalue weighted by Gasteiger charge is 2.28. The molecule has 0 fully saturated rings. The molecule has 0 saturated heterocycles. The van der Waals surface area contributed by atoms with Gasteiger partial charge in [-0.1, -0.05) is 36.0 Å². The number of aromatic nitrogens is 2. The fourth-order valence-corrected chi connectivity index (χ4v) is 3.61. The first-order valence-electron chi connectivity index (χ1n) is 9.42. The van der Waals surface area contributed by atoms with Crippen molar-refractivity contribution in [3.8, 4) is 17.6 Å². The van der Waals surface area contributed by atoms with Gasteiger partial charge in [-0.2, -0.15) is 5.26 Å². The lowest BCUT2D eigenvalue weighted by Crippen LogP contribution is -2.34. The van der Waals surface area contributed by atoms with Crippen molar-refractivity contribution in [2.45, 2.75) is 17.7 Å². The van der Waals surface area contributed by atoms with Gasteiger partial charge in [0.05, 0.1) is 23.9 Å². The number of hydrogen-bond donors (Lipinski definition) is 0. The van der Waals surface area contributed by atoms with Crippen LogP contribution in [0.25, 0.3) is 0 Å². The smallest absolute Gasteiger partial charge is 0.277 e. The van der Waals surface area contributed by atoms with Gasteiger partial charge in [-0.25, -0.2) is 4.39 Å². The molecule has 2 heterocycles. The molecule has 3 aromatic rings. The topological polar surface area (TPSA) is 101 Å². The first-order valence-corrected chi connectivity index (χ1v) is 10.4. The minimum absolute atomic E-state index is 0.0632. The zero-order valence-electron chi connectivity index (χ0n) is 16.2. The van der Waals surface area contributed by atoms with Crippen LogP contribution in [0.2, 0.25) is 0 Å². The highest BCUT2D eigenvalue weighted by molar-refractivity contribution is 7.99. The minimum Gasteiger partial charge on any atom is -0.485 e. The summed E-state index contributed by atoms with van der Waals surface area (Å²) in [6, 6.07) is 15.2. The Bertz CT molecular complexity index is 1120. The van der Waals surface area contributed by atoms with E-state index in [9.17, 15) is 9.18 Å². The van der Waals surface area contributed by atoms with Crippen LogP contribution in [0.4, 0.5) is 10.1 Å². The Kier molecular flexibility index (Phi) is 6.33. The number of para-hydroxylation sites is 3. The first kappa shape index (κ1) is 20.7. The second-order valence-electron chi connectivity index (χ2n) is 6.46. The predicted molar refractivity (Wildman–Crippen MR) is 109 cm³/mol. The zero-order valence-corrected chi connectivity index (χ0v) is 17.0. The van der Waals surface area contributed by atoms with Gasteiger partial charge in [0, 0.05) is 6.54 Å². The fraction of sp³-hybridized carbons (Fsp3) is 0.238. The average Bonchev–Trinajstić information content (AvgIpc) is 3.28. The molecule has 0 N–H and O–H groups in total. The van der Waals surface area contributed by atoms with E-state index in [1.165, 1.54) is 23.1 Å². The molecule has 0 spiro atoms. The number of ether oxygens (including phenoxy) is 2. The molecule has 0 radical (unpaired) electrons. The van der Waals surface area contributed by atoms with Crippen LogP contribution in [0, 0.1) is 17.1 Å². The van der Waals surface area contributed by atoms with Crippen molar-refractivity contribution in [1.82, 2.24) is 10.2 Å². The summed E-state index contributed by atoms with van der Waals surface area (Å²) in [4.78, 5) is 14.0. The highest BCUT2D eigenvalue weighted by atomic mass is 32.2. The Morgan fingerprint density at radius 3 is 2.77 bits per heavy atom. The Balaban J connectivity index is 1.40. The molecule has 31 heavy (non-hydrogen) atoms. The lowest BCUT2D eigenvalue weighted by Gasteiger charge is -2.23.